The van der Waals surface area contributed by atoms with Gasteiger partial charge in [-0.15, -0.1) is 0 Å². The van der Waals surface area contributed by atoms with Crippen molar-refractivity contribution in [1.82, 2.24) is 5.32 Å². The molecule has 1 heterocycles. The lowest BCUT2D eigenvalue weighted by molar-refractivity contribution is 0.0951. The van der Waals surface area contributed by atoms with Gasteiger partial charge in [0.2, 0.25) is 0 Å². The first kappa shape index (κ1) is 20.3. The number of hydrogen-bond donors (Lipinski definition) is 1. The van der Waals surface area contributed by atoms with Crippen LogP contribution in [0.15, 0.2) is 72.8 Å². The highest BCUT2D eigenvalue weighted by atomic mass is 35.5. The molecule has 5 heteroatoms. The molecule has 0 saturated heterocycles. The smallest absolute Gasteiger partial charge is 0.251 e. The molecule has 154 valence electrons. The number of para-hydroxylation sites is 1. The highest BCUT2D eigenvalue weighted by Gasteiger charge is 2.27. The minimum Gasteiger partial charge on any atom is -0.378 e. The van der Waals surface area contributed by atoms with E-state index in [9.17, 15) is 4.79 Å². The van der Waals surface area contributed by atoms with Crippen molar-refractivity contribution >= 4 is 28.9 Å². The van der Waals surface area contributed by atoms with E-state index in [2.05, 4.69) is 63.6 Å². The molecule has 0 fully saturated rings. The van der Waals surface area contributed by atoms with E-state index in [0.29, 0.717) is 17.1 Å². The molecule has 1 N–H and O–H groups in total. The lowest BCUT2D eigenvalue weighted by atomic mass is 10.0. The SMILES string of the molecule is CN(C)c1ccc(C(CNC(=O)c2ccc(Cl)cc2)N2CCc3ccccc32)cc1. The van der Waals surface area contributed by atoms with Crippen LogP contribution in [0.1, 0.15) is 27.5 Å². The molecule has 1 amide bonds. The third-order valence-electron chi connectivity index (χ3n) is 5.66. The molecular weight excluding hydrogens is 394 g/mol. The second kappa shape index (κ2) is 8.80. The Balaban J connectivity index is 1.59. The highest BCUT2D eigenvalue weighted by molar-refractivity contribution is 6.30. The van der Waals surface area contributed by atoms with E-state index in [1.54, 1.807) is 24.3 Å². The zero-order chi connectivity index (χ0) is 21.1. The van der Waals surface area contributed by atoms with E-state index < -0.39 is 0 Å². The largest absolute Gasteiger partial charge is 0.378 e. The van der Waals surface area contributed by atoms with Gasteiger partial charge in [-0.05, 0) is 60.0 Å². The van der Waals surface area contributed by atoms with Crippen molar-refractivity contribution in [2.45, 2.75) is 12.5 Å². The number of hydrogen-bond acceptors (Lipinski definition) is 3. The molecule has 1 unspecified atom stereocenters. The molecule has 1 atom stereocenters. The maximum absolute atomic E-state index is 12.7. The van der Waals surface area contributed by atoms with Crippen LogP contribution in [0, 0.1) is 0 Å². The number of amides is 1. The summed E-state index contributed by atoms with van der Waals surface area (Å²) in [5, 5.41) is 3.75. The molecule has 1 aliphatic heterocycles. The fraction of sp³-hybridized carbons (Fsp3) is 0.240. The molecule has 4 rings (SSSR count). The zero-order valence-electron chi connectivity index (χ0n) is 17.3. The topological polar surface area (TPSA) is 35.6 Å². The monoisotopic (exact) mass is 419 g/mol. The Morgan fingerprint density at radius 3 is 2.43 bits per heavy atom. The van der Waals surface area contributed by atoms with Crippen LogP contribution in [0.25, 0.3) is 0 Å². The minimum atomic E-state index is -0.0888. The van der Waals surface area contributed by atoms with Crippen LogP contribution < -0.4 is 15.1 Å². The Morgan fingerprint density at radius 1 is 1.03 bits per heavy atom. The molecule has 0 saturated carbocycles. The maximum atomic E-state index is 12.7. The quantitative estimate of drug-likeness (QED) is 0.614. The molecule has 3 aromatic rings. The Bertz CT molecular complexity index is 1020. The van der Waals surface area contributed by atoms with E-state index in [4.69, 9.17) is 11.6 Å². The van der Waals surface area contributed by atoms with Crippen LogP contribution in [0.2, 0.25) is 5.02 Å². The highest BCUT2D eigenvalue weighted by Crippen LogP contribution is 2.35. The first-order chi connectivity index (χ1) is 14.5. The average molecular weight is 420 g/mol. The fourth-order valence-electron chi connectivity index (χ4n) is 3.98. The van der Waals surface area contributed by atoms with Crippen LogP contribution in [0.4, 0.5) is 11.4 Å². The van der Waals surface area contributed by atoms with Crippen molar-refractivity contribution in [1.29, 1.82) is 0 Å². The second-order valence-corrected chi connectivity index (χ2v) is 8.23. The summed E-state index contributed by atoms with van der Waals surface area (Å²) in [6, 6.07) is 24.2. The van der Waals surface area contributed by atoms with Crippen molar-refractivity contribution in [3.63, 3.8) is 0 Å². The number of nitrogens with one attached hydrogen (secondary N) is 1. The normalized spacial score (nSPS) is 13.6. The Kier molecular flexibility index (Phi) is 5.96. The van der Waals surface area contributed by atoms with Crippen molar-refractivity contribution < 1.29 is 4.79 Å². The number of carbonyl (C=O) groups is 1. The molecule has 3 aromatic carbocycles. The summed E-state index contributed by atoms with van der Waals surface area (Å²) in [6.07, 6.45) is 1.02. The van der Waals surface area contributed by atoms with Crippen LogP contribution in [-0.2, 0) is 6.42 Å². The van der Waals surface area contributed by atoms with Gasteiger partial charge in [0.15, 0.2) is 0 Å². The average Bonchev–Trinajstić information content (AvgIpc) is 3.19. The van der Waals surface area contributed by atoms with Crippen LogP contribution in [0.5, 0.6) is 0 Å². The zero-order valence-corrected chi connectivity index (χ0v) is 18.1. The van der Waals surface area contributed by atoms with Crippen LogP contribution in [0.3, 0.4) is 0 Å². The Hall–Kier alpha value is -2.98. The maximum Gasteiger partial charge on any atom is 0.251 e. The number of anilines is 2. The summed E-state index contributed by atoms with van der Waals surface area (Å²) in [6.45, 7) is 1.47. The Morgan fingerprint density at radius 2 is 1.73 bits per heavy atom. The number of benzene rings is 3. The van der Waals surface area contributed by atoms with E-state index in [-0.39, 0.29) is 11.9 Å². The summed E-state index contributed by atoms with van der Waals surface area (Å²) in [5.74, 6) is -0.0888. The van der Waals surface area contributed by atoms with Gasteiger partial charge in [-0.1, -0.05) is 41.9 Å². The molecule has 0 bridgehead atoms. The predicted molar refractivity (Wildman–Crippen MR) is 125 cm³/mol. The van der Waals surface area contributed by atoms with Gasteiger partial charge < -0.3 is 15.1 Å². The van der Waals surface area contributed by atoms with Crippen molar-refractivity contribution in [3.05, 3.63) is 94.5 Å². The van der Waals surface area contributed by atoms with Gasteiger partial charge in [-0.3, -0.25) is 4.79 Å². The van der Waals surface area contributed by atoms with Gasteiger partial charge in [0.1, 0.15) is 0 Å². The lowest BCUT2D eigenvalue weighted by Crippen LogP contribution is -2.37. The van der Waals surface area contributed by atoms with Crippen molar-refractivity contribution in [2.24, 2.45) is 0 Å². The van der Waals surface area contributed by atoms with Crippen molar-refractivity contribution in [2.75, 3.05) is 37.0 Å². The molecule has 0 aliphatic carbocycles. The molecule has 30 heavy (non-hydrogen) atoms. The summed E-state index contributed by atoms with van der Waals surface area (Å²) in [7, 11) is 4.07. The molecular formula is C25H26ClN3O. The molecule has 4 nitrogen and oxygen atoms in total. The number of carbonyl (C=O) groups excluding carboxylic acids is 1. The predicted octanol–water partition coefficient (Wildman–Crippen LogP) is 4.94. The minimum absolute atomic E-state index is 0.0566. The first-order valence-corrected chi connectivity index (χ1v) is 10.6. The number of fused-ring (bicyclic) bond motifs is 1. The van der Waals surface area contributed by atoms with E-state index in [0.717, 1.165) is 18.7 Å². The molecule has 0 spiro atoms. The van der Waals surface area contributed by atoms with Gasteiger partial charge in [0.25, 0.3) is 5.91 Å². The van der Waals surface area contributed by atoms with Crippen LogP contribution in [-0.4, -0.2) is 33.1 Å². The number of rotatable bonds is 6. The third-order valence-corrected chi connectivity index (χ3v) is 5.91. The summed E-state index contributed by atoms with van der Waals surface area (Å²) >= 11 is 5.95. The molecule has 0 aromatic heterocycles. The van der Waals surface area contributed by atoms with E-state index >= 15 is 0 Å². The fourth-order valence-corrected chi connectivity index (χ4v) is 4.11. The van der Waals surface area contributed by atoms with Gasteiger partial charge in [-0.25, -0.2) is 0 Å². The number of nitrogens with zero attached hydrogens (tertiary/aromatic N) is 2. The molecule has 0 radical (unpaired) electrons. The summed E-state index contributed by atoms with van der Waals surface area (Å²) in [4.78, 5) is 17.2. The number of halogens is 1. The van der Waals surface area contributed by atoms with Gasteiger partial charge in [0.05, 0.1) is 6.04 Å². The van der Waals surface area contributed by atoms with Crippen molar-refractivity contribution in [3.8, 4) is 0 Å². The van der Waals surface area contributed by atoms with Gasteiger partial charge in [-0.2, -0.15) is 0 Å². The lowest BCUT2D eigenvalue weighted by Gasteiger charge is -2.31. The van der Waals surface area contributed by atoms with Gasteiger partial charge >= 0.3 is 0 Å². The van der Waals surface area contributed by atoms with E-state index in [1.807, 2.05) is 14.1 Å². The summed E-state index contributed by atoms with van der Waals surface area (Å²) < 4.78 is 0. The molecule has 1 aliphatic rings. The van der Waals surface area contributed by atoms with Crippen LogP contribution >= 0.6 is 11.6 Å². The van der Waals surface area contributed by atoms with Gasteiger partial charge in [0, 0.05) is 49.1 Å². The Labute approximate surface area is 183 Å². The third kappa shape index (κ3) is 4.29. The first-order valence-electron chi connectivity index (χ1n) is 10.2. The summed E-state index contributed by atoms with van der Waals surface area (Å²) in [5.41, 5.74) is 5.57. The standard InChI is InChI=1S/C25H26ClN3O/c1-28(2)22-13-9-19(10-14-22)24(29-16-15-18-5-3-4-6-23(18)29)17-27-25(30)20-7-11-21(26)12-8-20/h3-14,24H,15-17H2,1-2H3,(H,27,30). The van der Waals surface area contributed by atoms with E-state index in [1.165, 1.54) is 16.8 Å². The second-order valence-electron chi connectivity index (χ2n) is 7.79.